The van der Waals surface area contributed by atoms with E-state index in [1.807, 2.05) is 4.90 Å². The van der Waals surface area contributed by atoms with Crippen LogP contribution in [0.2, 0.25) is 0 Å². The van der Waals surface area contributed by atoms with Crippen LogP contribution in [0.5, 0.6) is 0 Å². The zero-order valence-corrected chi connectivity index (χ0v) is 15.7. The maximum Gasteiger partial charge on any atom is 0.250 e. The van der Waals surface area contributed by atoms with Gasteiger partial charge in [-0.3, -0.25) is 14.4 Å². The number of pyridine rings is 1. The Balaban J connectivity index is 0.00000243. The van der Waals surface area contributed by atoms with Gasteiger partial charge in [0.05, 0.1) is 6.04 Å². The van der Waals surface area contributed by atoms with E-state index in [1.165, 1.54) is 10.6 Å². The van der Waals surface area contributed by atoms with Gasteiger partial charge in [-0.1, -0.05) is 6.07 Å². The molecule has 8 heteroatoms. The van der Waals surface area contributed by atoms with Crippen molar-refractivity contribution in [1.82, 2.24) is 20.1 Å². The van der Waals surface area contributed by atoms with Crippen LogP contribution in [0.4, 0.5) is 0 Å². The minimum Gasteiger partial charge on any atom is -0.354 e. The van der Waals surface area contributed by atoms with Crippen molar-refractivity contribution in [2.75, 3.05) is 26.2 Å². The fraction of sp³-hybridized carbons (Fsp3) is 0.611. The average Bonchev–Trinajstić information content (AvgIpc) is 3.16. The molecule has 26 heavy (non-hydrogen) atoms. The van der Waals surface area contributed by atoms with E-state index in [9.17, 15) is 14.4 Å². The van der Waals surface area contributed by atoms with Crippen LogP contribution in [-0.4, -0.2) is 53.5 Å². The van der Waals surface area contributed by atoms with Crippen LogP contribution in [0.15, 0.2) is 29.2 Å². The summed E-state index contributed by atoms with van der Waals surface area (Å²) in [6, 6.07) is 4.81. The molecule has 144 valence electrons. The molecule has 2 aliphatic rings. The molecule has 0 aliphatic carbocycles. The second-order valence-electron chi connectivity index (χ2n) is 6.91. The summed E-state index contributed by atoms with van der Waals surface area (Å²) in [5, 5.41) is 6.21. The average molecular weight is 383 g/mol. The van der Waals surface area contributed by atoms with Gasteiger partial charge in [-0.15, -0.1) is 12.4 Å². The largest absolute Gasteiger partial charge is 0.354 e. The molecule has 2 atom stereocenters. The summed E-state index contributed by atoms with van der Waals surface area (Å²) in [6.45, 7) is 2.94. The van der Waals surface area contributed by atoms with Crippen LogP contribution in [0.25, 0.3) is 0 Å². The lowest BCUT2D eigenvalue weighted by atomic mass is 9.97. The molecule has 1 aromatic heterocycles. The van der Waals surface area contributed by atoms with Gasteiger partial charge in [0, 0.05) is 31.9 Å². The third-order valence-corrected chi connectivity index (χ3v) is 5.02. The Bertz CT molecular complexity index is 672. The molecular formula is C18H27ClN4O3. The summed E-state index contributed by atoms with van der Waals surface area (Å²) in [7, 11) is 0. The molecule has 1 aromatic rings. The van der Waals surface area contributed by atoms with Crippen LogP contribution in [0, 0.1) is 5.92 Å². The standard InChI is InChI=1S/C18H26N4O3.ClH/c23-16-7-1-2-9-22(16)13-17(24)21-10-4-5-14(12-21)11-20-18(25)15-6-3-8-19-15;/h1-2,7,9,14-15,19H,3-6,8,10-13H2,(H,20,25);1H. The van der Waals surface area contributed by atoms with Gasteiger partial charge in [0.25, 0.3) is 5.56 Å². The maximum atomic E-state index is 12.5. The fourth-order valence-corrected chi connectivity index (χ4v) is 3.57. The Labute approximate surface area is 159 Å². The molecule has 0 bridgehead atoms. The molecule has 2 saturated heterocycles. The van der Waals surface area contributed by atoms with E-state index >= 15 is 0 Å². The molecule has 0 aromatic carbocycles. The Morgan fingerprint density at radius 1 is 1.23 bits per heavy atom. The lowest BCUT2D eigenvalue weighted by molar-refractivity contribution is -0.133. The van der Waals surface area contributed by atoms with Crippen molar-refractivity contribution in [3.63, 3.8) is 0 Å². The van der Waals surface area contributed by atoms with E-state index in [2.05, 4.69) is 10.6 Å². The van der Waals surface area contributed by atoms with Crippen LogP contribution in [-0.2, 0) is 16.1 Å². The molecule has 2 unspecified atom stereocenters. The first kappa shape index (κ1) is 20.5. The Kier molecular flexibility index (Phi) is 7.66. The summed E-state index contributed by atoms with van der Waals surface area (Å²) in [4.78, 5) is 38.1. The van der Waals surface area contributed by atoms with Gasteiger partial charge in [0.2, 0.25) is 11.8 Å². The van der Waals surface area contributed by atoms with E-state index < -0.39 is 0 Å². The van der Waals surface area contributed by atoms with E-state index in [-0.39, 0.29) is 48.3 Å². The summed E-state index contributed by atoms with van der Waals surface area (Å²) >= 11 is 0. The van der Waals surface area contributed by atoms with Crippen molar-refractivity contribution in [2.24, 2.45) is 5.92 Å². The third kappa shape index (κ3) is 5.32. The van der Waals surface area contributed by atoms with E-state index in [1.54, 1.807) is 18.3 Å². The highest BCUT2D eigenvalue weighted by Gasteiger charge is 2.26. The molecule has 0 radical (unpaired) electrons. The molecule has 3 heterocycles. The predicted molar refractivity (Wildman–Crippen MR) is 101 cm³/mol. The number of amides is 2. The zero-order chi connectivity index (χ0) is 17.6. The van der Waals surface area contributed by atoms with Crippen molar-refractivity contribution < 1.29 is 9.59 Å². The smallest absolute Gasteiger partial charge is 0.250 e. The minimum atomic E-state index is -0.166. The summed E-state index contributed by atoms with van der Waals surface area (Å²) < 4.78 is 1.43. The van der Waals surface area contributed by atoms with Gasteiger partial charge in [-0.05, 0) is 44.2 Å². The number of likely N-dealkylation sites (tertiary alicyclic amines) is 1. The van der Waals surface area contributed by atoms with Gasteiger partial charge < -0.3 is 20.1 Å². The summed E-state index contributed by atoms with van der Waals surface area (Å²) in [5.74, 6) is 0.300. The monoisotopic (exact) mass is 382 g/mol. The third-order valence-electron chi connectivity index (χ3n) is 5.02. The van der Waals surface area contributed by atoms with Crippen LogP contribution >= 0.6 is 12.4 Å². The molecule has 2 N–H and O–H groups in total. The second-order valence-corrected chi connectivity index (χ2v) is 6.91. The van der Waals surface area contributed by atoms with Gasteiger partial charge in [0.15, 0.2) is 0 Å². The van der Waals surface area contributed by atoms with Crippen molar-refractivity contribution >= 4 is 24.2 Å². The normalized spacial score (nSPS) is 22.5. The molecule has 2 amide bonds. The van der Waals surface area contributed by atoms with Crippen molar-refractivity contribution in [3.05, 3.63) is 34.7 Å². The Morgan fingerprint density at radius 3 is 2.81 bits per heavy atom. The fourth-order valence-electron chi connectivity index (χ4n) is 3.57. The van der Waals surface area contributed by atoms with E-state index in [0.29, 0.717) is 13.1 Å². The van der Waals surface area contributed by atoms with Gasteiger partial charge in [-0.2, -0.15) is 0 Å². The van der Waals surface area contributed by atoms with Crippen LogP contribution in [0.3, 0.4) is 0 Å². The summed E-state index contributed by atoms with van der Waals surface area (Å²) in [5.41, 5.74) is -0.166. The molecule has 0 saturated carbocycles. The molecule has 2 aliphatic heterocycles. The number of hydrogen-bond acceptors (Lipinski definition) is 4. The number of halogens is 1. The quantitative estimate of drug-likeness (QED) is 0.771. The number of piperidine rings is 1. The van der Waals surface area contributed by atoms with Crippen LogP contribution in [0.1, 0.15) is 25.7 Å². The number of rotatable bonds is 5. The van der Waals surface area contributed by atoms with E-state index in [4.69, 9.17) is 0 Å². The number of carbonyl (C=O) groups is 2. The maximum absolute atomic E-state index is 12.5. The molecule has 0 spiro atoms. The molecule has 7 nitrogen and oxygen atoms in total. The van der Waals surface area contributed by atoms with Crippen molar-refractivity contribution in [3.8, 4) is 0 Å². The predicted octanol–water partition coefficient (Wildman–Crippen LogP) is 0.377. The number of hydrogen-bond donors (Lipinski definition) is 2. The molecular weight excluding hydrogens is 356 g/mol. The SMILES string of the molecule is Cl.O=C(NCC1CCCN(C(=O)Cn2ccccc2=O)C1)C1CCCN1. The minimum absolute atomic E-state index is 0. The summed E-state index contributed by atoms with van der Waals surface area (Å²) in [6.07, 6.45) is 5.51. The number of aromatic nitrogens is 1. The van der Waals surface area contributed by atoms with Crippen LogP contribution < -0.4 is 16.2 Å². The Morgan fingerprint density at radius 2 is 2.08 bits per heavy atom. The van der Waals surface area contributed by atoms with Gasteiger partial charge in [0.1, 0.15) is 6.54 Å². The highest BCUT2D eigenvalue weighted by atomic mass is 35.5. The second kappa shape index (κ2) is 9.73. The lowest BCUT2D eigenvalue weighted by Gasteiger charge is -2.33. The number of nitrogens with zero attached hydrogens (tertiary/aromatic N) is 2. The van der Waals surface area contributed by atoms with E-state index in [0.717, 1.165) is 38.8 Å². The lowest BCUT2D eigenvalue weighted by Crippen LogP contribution is -2.47. The van der Waals surface area contributed by atoms with Crippen molar-refractivity contribution in [1.29, 1.82) is 0 Å². The highest BCUT2D eigenvalue weighted by Crippen LogP contribution is 2.16. The van der Waals surface area contributed by atoms with Crippen molar-refractivity contribution in [2.45, 2.75) is 38.3 Å². The first-order valence-electron chi connectivity index (χ1n) is 9.08. The molecule has 2 fully saturated rings. The highest BCUT2D eigenvalue weighted by molar-refractivity contribution is 5.85. The number of nitrogens with one attached hydrogen (secondary N) is 2. The first-order chi connectivity index (χ1) is 12.1. The molecule has 3 rings (SSSR count). The zero-order valence-electron chi connectivity index (χ0n) is 14.9. The first-order valence-corrected chi connectivity index (χ1v) is 9.08. The van der Waals surface area contributed by atoms with Gasteiger partial charge in [-0.25, -0.2) is 0 Å². The topological polar surface area (TPSA) is 83.4 Å². The van der Waals surface area contributed by atoms with Gasteiger partial charge >= 0.3 is 0 Å². The Hall–Kier alpha value is -1.86. The number of carbonyl (C=O) groups excluding carboxylic acids is 2.